The highest BCUT2D eigenvalue weighted by Gasteiger charge is 2.16. The molecule has 21 heavy (non-hydrogen) atoms. The molecule has 0 spiro atoms. The van der Waals surface area contributed by atoms with E-state index in [2.05, 4.69) is 27.3 Å². The molecule has 1 aromatic carbocycles. The number of nitrogens with two attached hydrogens (primary N) is 1. The Morgan fingerprint density at radius 2 is 1.90 bits per heavy atom. The first-order valence-corrected chi connectivity index (χ1v) is 7.14. The Morgan fingerprint density at radius 1 is 1.14 bits per heavy atom. The van der Waals surface area contributed by atoms with Crippen molar-refractivity contribution >= 4 is 5.78 Å². The van der Waals surface area contributed by atoms with Gasteiger partial charge < -0.3 is 5.73 Å². The van der Waals surface area contributed by atoms with Gasteiger partial charge in [-0.2, -0.15) is 0 Å². The van der Waals surface area contributed by atoms with Gasteiger partial charge in [-0.25, -0.2) is 4.98 Å². The molecular formula is C16H19N5. The van der Waals surface area contributed by atoms with Crippen LogP contribution in [0.2, 0.25) is 0 Å². The molecule has 2 heterocycles. The molecule has 3 aromatic rings. The lowest BCUT2D eigenvalue weighted by atomic mass is 10.1. The van der Waals surface area contributed by atoms with Crippen molar-refractivity contribution in [3.05, 3.63) is 59.2 Å². The predicted octanol–water partition coefficient (Wildman–Crippen LogP) is 2.37. The molecule has 0 aliphatic carbocycles. The van der Waals surface area contributed by atoms with Crippen LogP contribution in [0.1, 0.15) is 35.2 Å². The van der Waals surface area contributed by atoms with Crippen molar-refractivity contribution in [3.8, 4) is 0 Å². The van der Waals surface area contributed by atoms with Gasteiger partial charge in [-0.15, -0.1) is 10.2 Å². The molecular weight excluding hydrogens is 262 g/mol. The van der Waals surface area contributed by atoms with E-state index in [4.69, 9.17) is 5.73 Å². The van der Waals surface area contributed by atoms with E-state index < -0.39 is 0 Å². The van der Waals surface area contributed by atoms with Crippen molar-refractivity contribution in [2.45, 2.75) is 32.7 Å². The molecule has 0 aliphatic rings. The average Bonchev–Trinajstić information content (AvgIpc) is 2.90. The molecule has 1 unspecified atom stereocenters. The maximum Gasteiger partial charge on any atom is 0.255 e. The number of nitrogens with zero attached hydrogens (tertiary/aromatic N) is 4. The lowest BCUT2D eigenvalue weighted by molar-refractivity contribution is 0.603. The molecule has 108 valence electrons. The smallest absolute Gasteiger partial charge is 0.255 e. The number of hydrogen-bond acceptors (Lipinski definition) is 4. The van der Waals surface area contributed by atoms with Gasteiger partial charge in [-0.05, 0) is 38.3 Å². The largest absolute Gasteiger partial charge is 0.321 e. The molecule has 1 atom stereocenters. The maximum absolute atomic E-state index is 6.31. The van der Waals surface area contributed by atoms with Crippen LogP contribution in [-0.4, -0.2) is 19.6 Å². The van der Waals surface area contributed by atoms with E-state index in [-0.39, 0.29) is 6.04 Å². The minimum atomic E-state index is -0.150. The van der Waals surface area contributed by atoms with Crippen molar-refractivity contribution in [1.29, 1.82) is 0 Å². The van der Waals surface area contributed by atoms with Gasteiger partial charge in [0, 0.05) is 11.4 Å². The number of aryl methyl sites for hydroxylation is 3. The van der Waals surface area contributed by atoms with Crippen molar-refractivity contribution in [2.75, 3.05) is 0 Å². The summed E-state index contributed by atoms with van der Waals surface area (Å²) in [5.74, 6) is 1.41. The maximum atomic E-state index is 6.31. The number of rotatable bonds is 4. The molecule has 2 N–H and O–H groups in total. The van der Waals surface area contributed by atoms with Gasteiger partial charge in [0.1, 0.15) is 0 Å². The van der Waals surface area contributed by atoms with Crippen LogP contribution >= 0.6 is 0 Å². The first kappa shape index (κ1) is 13.7. The Balaban J connectivity index is 1.83. The Bertz CT molecular complexity index is 748. The summed E-state index contributed by atoms with van der Waals surface area (Å²) in [4.78, 5) is 4.39. The molecule has 0 bridgehead atoms. The highest BCUT2D eigenvalue weighted by molar-refractivity contribution is 5.33. The van der Waals surface area contributed by atoms with Crippen LogP contribution in [0.3, 0.4) is 0 Å². The Kier molecular flexibility index (Phi) is 3.66. The molecule has 5 heteroatoms. The van der Waals surface area contributed by atoms with Gasteiger partial charge in [0.05, 0.1) is 6.04 Å². The van der Waals surface area contributed by atoms with Crippen LogP contribution < -0.4 is 5.73 Å². The van der Waals surface area contributed by atoms with Crippen LogP contribution in [0.15, 0.2) is 36.4 Å². The highest BCUT2D eigenvalue weighted by atomic mass is 15.3. The van der Waals surface area contributed by atoms with E-state index in [1.54, 1.807) is 0 Å². The standard InChI is InChI=1S/C16H19N5/c1-11-10-12(2)21-15(19-20-16(21)18-11)14(17)9-8-13-6-4-3-5-7-13/h3-7,10,14H,8-9,17H2,1-2H3. The number of fused-ring (bicyclic) bond motifs is 1. The summed E-state index contributed by atoms with van der Waals surface area (Å²) in [7, 11) is 0. The molecule has 0 saturated heterocycles. The summed E-state index contributed by atoms with van der Waals surface area (Å²) in [6, 6.07) is 12.2. The Morgan fingerprint density at radius 3 is 2.67 bits per heavy atom. The van der Waals surface area contributed by atoms with Crippen LogP contribution in [-0.2, 0) is 6.42 Å². The Hall–Kier alpha value is -2.27. The molecule has 5 nitrogen and oxygen atoms in total. The molecule has 3 rings (SSSR count). The fourth-order valence-corrected chi connectivity index (χ4v) is 2.59. The van der Waals surface area contributed by atoms with Crippen molar-refractivity contribution in [2.24, 2.45) is 5.73 Å². The molecule has 0 radical (unpaired) electrons. The third kappa shape index (κ3) is 2.78. The topological polar surface area (TPSA) is 69.1 Å². The lowest BCUT2D eigenvalue weighted by Gasteiger charge is -2.11. The van der Waals surface area contributed by atoms with Crippen LogP contribution in [0.4, 0.5) is 0 Å². The summed E-state index contributed by atoms with van der Waals surface area (Å²) in [5, 5.41) is 8.37. The molecule has 0 amide bonds. The zero-order valence-electron chi connectivity index (χ0n) is 12.3. The molecule has 0 aliphatic heterocycles. The first-order valence-electron chi connectivity index (χ1n) is 7.14. The molecule has 0 fully saturated rings. The summed E-state index contributed by atoms with van der Waals surface area (Å²) in [5.41, 5.74) is 9.60. The van der Waals surface area contributed by atoms with E-state index in [9.17, 15) is 0 Å². The van der Waals surface area contributed by atoms with Crippen molar-refractivity contribution in [1.82, 2.24) is 19.6 Å². The number of aromatic nitrogens is 4. The van der Waals surface area contributed by atoms with Gasteiger partial charge in [-0.1, -0.05) is 30.3 Å². The fraction of sp³-hybridized carbons (Fsp3) is 0.312. The summed E-state index contributed by atoms with van der Waals surface area (Å²) >= 11 is 0. The van der Waals surface area contributed by atoms with E-state index in [1.165, 1.54) is 5.56 Å². The van der Waals surface area contributed by atoms with Gasteiger partial charge in [0.25, 0.3) is 5.78 Å². The second-order valence-corrected chi connectivity index (χ2v) is 5.36. The summed E-state index contributed by atoms with van der Waals surface area (Å²) in [6.45, 7) is 3.98. The first-order chi connectivity index (χ1) is 10.1. The van der Waals surface area contributed by atoms with E-state index in [0.29, 0.717) is 5.78 Å². The van der Waals surface area contributed by atoms with Gasteiger partial charge >= 0.3 is 0 Å². The minimum absolute atomic E-state index is 0.150. The van der Waals surface area contributed by atoms with Crippen LogP contribution in [0.5, 0.6) is 0 Å². The summed E-state index contributed by atoms with van der Waals surface area (Å²) < 4.78 is 1.95. The van der Waals surface area contributed by atoms with E-state index in [1.807, 2.05) is 42.5 Å². The average molecular weight is 281 g/mol. The monoisotopic (exact) mass is 281 g/mol. The van der Waals surface area contributed by atoms with Gasteiger partial charge in [0.15, 0.2) is 5.82 Å². The quantitative estimate of drug-likeness (QED) is 0.797. The third-order valence-electron chi connectivity index (χ3n) is 3.64. The van der Waals surface area contributed by atoms with Crippen LogP contribution in [0.25, 0.3) is 5.78 Å². The zero-order chi connectivity index (χ0) is 14.8. The number of hydrogen-bond donors (Lipinski definition) is 1. The van der Waals surface area contributed by atoms with Crippen molar-refractivity contribution < 1.29 is 0 Å². The highest BCUT2D eigenvalue weighted by Crippen LogP contribution is 2.17. The van der Waals surface area contributed by atoms with Crippen LogP contribution in [0, 0.1) is 13.8 Å². The normalized spacial score (nSPS) is 12.7. The Labute approximate surface area is 123 Å². The second kappa shape index (κ2) is 5.61. The third-order valence-corrected chi connectivity index (χ3v) is 3.64. The molecule has 0 saturated carbocycles. The molecule has 2 aromatic heterocycles. The minimum Gasteiger partial charge on any atom is -0.321 e. The van der Waals surface area contributed by atoms with Gasteiger partial charge in [-0.3, -0.25) is 4.40 Å². The zero-order valence-corrected chi connectivity index (χ0v) is 12.3. The predicted molar refractivity (Wildman–Crippen MR) is 81.9 cm³/mol. The second-order valence-electron chi connectivity index (χ2n) is 5.36. The number of benzene rings is 1. The van der Waals surface area contributed by atoms with Crippen molar-refractivity contribution in [3.63, 3.8) is 0 Å². The van der Waals surface area contributed by atoms with Gasteiger partial charge in [0.2, 0.25) is 0 Å². The van der Waals surface area contributed by atoms with E-state index in [0.717, 1.165) is 30.1 Å². The van der Waals surface area contributed by atoms with E-state index >= 15 is 0 Å². The lowest BCUT2D eigenvalue weighted by Crippen LogP contribution is -2.16. The fourth-order valence-electron chi connectivity index (χ4n) is 2.59. The SMILES string of the molecule is Cc1cc(C)n2c(C(N)CCc3ccccc3)nnc2n1. The summed E-state index contributed by atoms with van der Waals surface area (Å²) in [6.07, 6.45) is 1.76.